The Kier molecular flexibility index (Phi) is 4.95. The number of nitrogens with zero attached hydrogens (tertiary/aromatic N) is 1. The SMILES string of the molecule is CCNc1c(F)cccc1C(=O)N1CCCOC(C)C1. The van der Waals surface area contributed by atoms with Crippen LogP contribution in [-0.2, 0) is 4.74 Å². The number of halogens is 1. The maximum atomic E-state index is 13.9. The number of carbonyl (C=O) groups excluding carboxylic acids is 1. The highest BCUT2D eigenvalue weighted by Gasteiger charge is 2.24. The van der Waals surface area contributed by atoms with Crippen LogP contribution in [-0.4, -0.2) is 43.2 Å². The molecule has 1 aliphatic rings. The van der Waals surface area contributed by atoms with Gasteiger partial charge in [-0.2, -0.15) is 0 Å². The number of para-hydroxylation sites is 1. The van der Waals surface area contributed by atoms with Crippen molar-refractivity contribution in [1.82, 2.24) is 4.90 Å². The quantitative estimate of drug-likeness (QED) is 0.925. The van der Waals surface area contributed by atoms with E-state index in [4.69, 9.17) is 4.74 Å². The lowest BCUT2D eigenvalue weighted by Gasteiger charge is -2.23. The zero-order valence-corrected chi connectivity index (χ0v) is 12.0. The predicted molar refractivity (Wildman–Crippen MR) is 76.5 cm³/mol. The van der Waals surface area contributed by atoms with Gasteiger partial charge in [0.2, 0.25) is 0 Å². The number of carbonyl (C=O) groups is 1. The van der Waals surface area contributed by atoms with Gasteiger partial charge in [-0.05, 0) is 32.4 Å². The molecule has 110 valence electrons. The highest BCUT2D eigenvalue weighted by Crippen LogP contribution is 2.22. The summed E-state index contributed by atoms with van der Waals surface area (Å²) in [5.41, 5.74) is 0.679. The third kappa shape index (κ3) is 3.28. The van der Waals surface area contributed by atoms with Crippen LogP contribution in [0.25, 0.3) is 0 Å². The first kappa shape index (κ1) is 14.8. The summed E-state index contributed by atoms with van der Waals surface area (Å²) in [4.78, 5) is 14.4. The second kappa shape index (κ2) is 6.70. The fourth-order valence-corrected chi connectivity index (χ4v) is 2.41. The fourth-order valence-electron chi connectivity index (χ4n) is 2.41. The van der Waals surface area contributed by atoms with E-state index < -0.39 is 5.82 Å². The Balaban J connectivity index is 2.25. The summed E-state index contributed by atoms with van der Waals surface area (Å²) in [6, 6.07) is 4.60. The van der Waals surface area contributed by atoms with Crippen LogP contribution in [0.2, 0.25) is 0 Å². The van der Waals surface area contributed by atoms with Crippen LogP contribution >= 0.6 is 0 Å². The van der Waals surface area contributed by atoms with Gasteiger partial charge < -0.3 is 15.0 Å². The van der Waals surface area contributed by atoms with Crippen LogP contribution < -0.4 is 5.32 Å². The van der Waals surface area contributed by atoms with Gasteiger partial charge in [-0.3, -0.25) is 4.79 Å². The van der Waals surface area contributed by atoms with E-state index >= 15 is 0 Å². The van der Waals surface area contributed by atoms with Crippen LogP contribution in [0.5, 0.6) is 0 Å². The molecule has 0 saturated carbocycles. The van der Waals surface area contributed by atoms with Gasteiger partial charge >= 0.3 is 0 Å². The lowest BCUT2D eigenvalue weighted by molar-refractivity contribution is 0.0563. The number of benzene rings is 1. The summed E-state index contributed by atoms with van der Waals surface area (Å²) in [5, 5.41) is 2.94. The Bertz CT molecular complexity index is 479. The van der Waals surface area contributed by atoms with Gasteiger partial charge in [0, 0.05) is 26.2 Å². The normalized spacial score (nSPS) is 19.6. The molecule has 1 N–H and O–H groups in total. The number of rotatable bonds is 3. The van der Waals surface area contributed by atoms with Crippen molar-refractivity contribution in [1.29, 1.82) is 0 Å². The smallest absolute Gasteiger partial charge is 0.256 e. The summed E-state index contributed by atoms with van der Waals surface area (Å²) >= 11 is 0. The Morgan fingerprint density at radius 2 is 2.35 bits per heavy atom. The molecular formula is C15H21FN2O2. The lowest BCUT2D eigenvalue weighted by atomic mass is 10.1. The van der Waals surface area contributed by atoms with Gasteiger partial charge in [-0.1, -0.05) is 6.07 Å². The minimum absolute atomic E-state index is 0.0117. The van der Waals surface area contributed by atoms with Crippen molar-refractivity contribution in [2.24, 2.45) is 0 Å². The van der Waals surface area contributed by atoms with E-state index in [2.05, 4.69) is 5.32 Å². The van der Waals surface area contributed by atoms with Crippen LogP contribution in [0, 0.1) is 5.82 Å². The van der Waals surface area contributed by atoms with Crippen molar-refractivity contribution in [3.05, 3.63) is 29.6 Å². The van der Waals surface area contributed by atoms with Crippen molar-refractivity contribution in [3.8, 4) is 0 Å². The summed E-state index contributed by atoms with van der Waals surface area (Å²) in [6.07, 6.45) is 0.819. The average molecular weight is 280 g/mol. The Morgan fingerprint density at radius 1 is 1.55 bits per heavy atom. The molecule has 5 heteroatoms. The molecule has 1 amide bonds. The van der Waals surface area contributed by atoms with E-state index in [1.807, 2.05) is 13.8 Å². The molecule has 0 aromatic heterocycles. The van der Waals surface area contributed by atoms with E-state index in [1.165, 1.54) is 6.07 Å². The van der Waals surface area contributed by atoms with Gasteiger partial charge in [0.15, 0.2) is 0 Å². The summed E-state index contributed by atoms with van der Waals surface area (Å²) in [6.45, 7) is 6.24. The molecule has 0 spiro atoms. The van der Waals surface area contributed by atoms with Crippen molar-refractivity contribution >= 4 is 11.6 Å². The Labute approximate surface area is 118 Å². The number of ether oxygens (including phenoxy) is 1. The molecule has 1 aliphatic heterocycles. The molecule has 1 aromatic carbocycles. The molecule has 1 heterocycles. The van der Waals surface area contributed by atoms with E-state index in [1.54, 1.807) is 17.0 Å². The maximum Gasteiger partial charge on any atom is 0.256 e. The molecule has 0 radical (unpaired) electrons. The zero-order valence-electron chi connectivity index (χ0n) is 12.0. The predicted octanol–water partition coefficient (Wildman–Crippen LogP) is 2.51. The standard InChI is InChI=1S/C15H21FN2O2/c1-3-17-14-12(6-4-7-13(14)16)15(19)18-8-5-9-20-11(2)10-18/h4,6-7,11,17H,3,5,8-10H2,1-2H3. The second-order valence-corrected chi connectivity index (χ2v) is 4.98. The van der Waals surface area contributed by atoms with E-state index in [9.17, 15) is 9.18 Å². The number of anilines is 1. The van der Waals surface area contributed by atoms with Gasteiger partial charge in [0.25, 0.3) is 5.91 Å². The number of hydrogen-bond acceptors (Lipinski definition) is 3. The Morgan fingerprint density at radius 3 is 3.10 bits per heavy atom. The van der Waals surface area contributed by atoms with E-state index in [0.717, 1.165) is 6.42 Å². The van der Waals surface area contributed by atoms with Crippen molar-refractivity contribution in [2.45, 2.75) is 26.4 Å². The highest BCUT2D eigenvalue weighted by atomic mass is 19.1. The molecule has 1 atom stereocenters. The summed E-state index contributed by atoms with van der Waals surface area (Å²) in [7, 11) is 0. The van der Waals surface area contributed by atoms with Gasteiger partial charge in [-0.15, -0.1) is 0 Å². The molecular weight excluding hydrogens is 259 g/mol. The van der Waals surface area contributed by atoms with Gasteiger partial charge in [0.1, 0.15) is 5.82 Å². The van der Waals surface area contributed by atoms with Gasteiger partial charge in [-0.25, -0.2) is 4.39 Å². The molecule has 1 fully saturated rings. The first-order valence-electron chi connectivity index (χ1n) is 7.06. The highest BCUT2D eigenvalue weighted by molar-refractivity contribution is 5.99. The average Bonchev–Trinajstić information content (AvgIpc) is 2.65. The minimum atomic E-state index is -0.392. The number of nitrogens with one attached hydrogen (secondary N) is 1. The van der Waals surface area contributed by atoms with Crippen LogP contribution in [0.1, 0.15) is 30.6 Å². The van der Waals surface area contributed by atoms with E-state index in [0.29, 0.717) is 31.8 Å². The topological polar surface area (TPSA) is 41.6 Å². The third-order valence-electron chi connectivity index (χ3n) is 3.34. The fraction of sp³-hybridized carbons (Fsp3) is 0.533. The largest absolute Gasteiger partial charge is 0.382 e. The van der Waals surface area contributed by atoms with Crippen LogP contribution in [0.4, 0.5) is 10.1 Å². The molecule has 0 aliphatic carbocycles. The number of amides is 1. The molecule has 20 heavy (non-hydrogen) atoms. The van der Waals surface area contributed by atoms with Crippen molar-refractivity contribution in [2.75, 3.05) is 31.6 Å². The second-order valence-electron chi connectivity index (χ2n) is 4.98. The molecule has 4 nitrogen and oxygen atoms in total. The minimum Gasteiger partial charge on any atom is -0.382 e. The van der Waals surface area contributed by atoms with Crippen molar-refractivity contribution < 1.29 is 13.9 Å². The van der Waals surface area contributed by atoms with Crippen molar-refractivity contribution in [3.63, 3.8) is 0 Å². The summed E-state index contributed by atoms with van der Waals surface area (Å²) in [5.74, 6) is -0.533. The first-order chi connectivity index (χ1) is 9.63. The summed E-state index contributed by atoms with van der Waals surface area (Å²) < 4.78 is 19.4. The molecule has 0 bridgehead atoms. The van der Waals surface area contributed by atoms with Crippen LogP contribution in [0.3, 0.4) is 0 Å². The lowest BCUT2D eigenvalue weighted by Crippen LogP contribution is -2.36. The van der Waals surface area contributed by atoms with E-state index in [-0.39, 0.29) is 17.7 Å². The molecule has 1 aromatic rings. The maximum absolute atomic E-state index is 13.9. The van der Waals surface area contributed by atoms with Crippen LogP contribution in [0.15, 0.2) is 18.2 Å². The Hall–Kier alpha value is -1.62. The zero-order chi connectivity index (χ0) is 14.5. The first-order valence-corrected chi connectivity index (χ1v) is 7.06. The third-order valence-corrected chi connectivity index (χ3v) is 3.34. The molecule has 2 rings (SSSR count). The molecule has 1 unspecified atom stereocenters. The molecule has 1 saturated heterocycles. The van der Waals surface area contributed by atoms with Gasteiger partial charge in [0.05, 0.1) is 17.4 Å². The monoisotopic (exact) mass is 280 g/mol. The number of hydrogen-bond donors (Lipinski definition) is 1.